The molecule has 5 amide bonds. The first-order valence-corrected chi connectivity index (χ1v) is 34.7. The fourth-order valence-corrected chi connectivity index (χ4v) is 14.0. The van der Waals surface area contributed by atoms with Gasteiger partial charge in [0.05, 0.1) is 65.0 Å². The maximum atomic E-state index is 13.1. The standard InChI is InChI=1S/C61H101N5O44/c1-15(73)62-29-20(78)6-61(60(94)95,110-50(29)34(80)21(79)7-67)97-14-28-37(83)39(85)31(64-17(3)75)54(103-28)106-48-25(11-71)102-56(33(41(48)87)66-19(5)77)109-52-44(90)36(82)23(9-69)100-59(52)108-51-38(84)27(13-96-57-45(91)43(89)35(81)22(8-68)99-57)104-58(46(51)92)107-49-26(12-72)101-55(32(42(49)88)65-18(4)76)105-47-24(10-70)98-53(93)30(40(47)86)63-16(2)74/h20-59,67-72,78-93H,6-14H2,1-5H3,(H,62,73)(H,63,74)(H,64,75)(H,65,76)(H,66,77)(H,94,95)/t20-,21+,22+,23+,24+,25+,26+,27+,28+,29+,30+,31+,32+,33+,34+,35+,36+,37-,38+,39+,40+,41+,42+,43-,44-,45-,46-,47+,48+,49+,50+,51-,52-,53+,54-,55-,56-,57-,58-,59+,61+/m0/s1. The van der Waals surface area contributed by atoms with E-state index < -0.39 is 346 Å². The van der Waals surface area contributed by atoms with Crippen molar-refractivity contribution < 1.29 is 217 Å². The number of aliphatic carboxylic acids is 1. The predicted molar refractivity (Wildman–Crippen MR) is 340 cm³/mol. The maximum absolute atomic E-state index is 13.1. The van der Waals surface area contributed by atoms with Crippen LogP contribution in [0.4, 0.5) is 0 Å². The molecule has 0 aromatic heterocycles. The molecule has 49 nitrogen and oxygen atoms in total. The van der Waals surface area contributed by atoms with Gasteiger partial charge in [-0.1, -0.05) is 0 Å². The molecular formula is C61H101N5O44. The van der Waals surface area contributed by atoms with E-state index in [1.807, 2.05) is 0 Å². The van der Waals surface area contributed by atoms with E-state index in [1.54, 1.807) is 0 Å². The van der Waals surface area contributed by atoms with Crippen LogP contribution in [0.25, 0.3) is 0 Å². The third-order valence-corrected chi connectivity index (χ3v) is 19.6. The van der Waals surface area contributed by atoms with E-state index in [9.17, 15) is 146 Å². The summed E-state index contributed by atoms with van der Waals surface area (Å²) in [7, 11) is 0. The lowest BCUT2D eigenvalue weighted by molar-refractivity contribution is -0.396. The molecule has 28 N–H and O–H groups in total. The predicted octanol–water partition coefficient (Wildman–Crippen LogP) is -18.5. The van der Waals surface area contributed by atoms with Crippen LogP contribution in [-0.4, -0.2) is 457 Å². The normalized spacial score (nSPS) is 45.8. The molecule has 0 saturated carbocycles. The molecule has 0 spiro atoms. The van der Waals surface area contributed by atoms with E-state index in [0.717, 1.165) is 34.6 Å². The lowest BCUT2D eigenvalue weighted by Gasteiger charge is -2.51. The molecule has 8 aliphatic rings. The highest BCUT2D eigenvalue weighted by atomic mass is 16.8. The summed E-state index contributed by atoms with van der Waals surface area (Å²) in [6.45, 7) is -4.11. The Kier molecular flexibility index (Phi) is 32.5. The van der Waals surface area contributed by atoms with Gasteiger partial charge in [-0.2, -0.15) is 0 Å². The smallest absolute Gasteiger partial charge is 0.364 e. The molecule has 8 saturated heterocycles. The van der Waals surface area contributed by atoms with Crippen LogP contribution in [0.2, 0.25) is 0 Å². The van der Waals surface area contributed by atoms with E-state index in [0.29, 0.717) is 0 Å². The van der Waals surface area contributed by atoms with Gasteiger partial charge in [-0.05, 0) is 0 Å². The van der Waals surface area contributed by atoms with Crippen molar-refractivity contribution in [2.75, 3.05) is 52.9 Å². The van der Waals surface area contributed by atoms with Crippen LogP contribution in [0.3, 0.4) is 0 Å². The van der Waals surface area contributed by atoms with Gasteiger partial charge in [-0.3, -0.25) is 24.0 Å². The van der Waals surface area contributed by atoms with Gasteiger partial charge in [-0.15, -0.1) is 0 Å². The average molecular weight is 1610 g/mol. The van der Waals surface area contributed by atoms with Gasteiger partial charge in [0.25, 0.3) is 5.79 Å². The average Bonchev–Trinajstić information content (AvgIpc) is 0.788. The number of amides is 5. The zero-order valence-electron chi connectivity index (χ0n) is 59.3. The molecule has 49 heteroatoms. The zero-order chi connectivity index (χ0) is 81.6. The summed E-state index contributed by atoms with van der Waals surface area (Å²) in [4.78, 5) is 75.9. The number of rotatable bonds is 30. The third kappa shape index (κ3) is 20.4. The Bertz CT molecular complexity index is 3000. The minimum absolute atomic E-state index is 0.771. The number of hydrogen-bond donors (Lipinski definition) is 28. The molecule has 634 valence electrons. The Balaban J connectivity index is 1.08. The van der Waals surface area contributed by atoms with Crippen molar-refractivity contribution in [3.63, 3.8) is 0 Å². The summed E-state index contributed by atoms with van der Waals surface area (Å²) in [6.07, 6.45) is -74.6. The molecular weight excluding hydrogens is 1510 g/mol. The second-order valence-electron chi connectivity index (χ2n) is 27.6. The third-order valence-electron chi connectivity index (χ3n) is 19.6. The summed E-state index contributed by atoms with van der Waals surface area (Å²) in [5.74, 6) is -9.57. The fraction of sp³-hybridized carbons (Fsp3) is 0.902. The number of carbonyl (C=O) groups is 6. The minimum Gasteiger partial charge on any atom is -0.477 e. The topological polar surface area (TPSA) is 766 Å². The van der Waals surface area contributed by atoms with E-state index in [1.165, 1.54) is 0 Å². The van der Waals surface area contributed by atoms with Crippen molar-refractivity contribution in [1.82, 2.24) is 26.6 Å². The first-order valence-electron chi connectivity index (χ1n) is 34.7. The molecule has 0 aromatic rings. The monoisotopic (exact) mass is 1610 g/mol. The Morgan fingerprint density at radius 3 is 1.22 bits per heavy atom. The van der Waals surface area contributed by atoms with E-state index >= 15 is 0 Å². The number of aliphatic hydroxyl groups excluding tert-OH is 22. The van der Waals surface area contributed by atoms with Crippen molar-refractivity contribution >= 4 is 35.5 Å². The Hall–Kier alpha value is -4.66. The maximum Gasteiger partial charge on any atom is 0.364 e. The first-order chi connectivity index (χ1) is 51.8. The van der Waals surface area contributed by atoms with Crippen molar-refractivity contribution in [3.8, 4) is 0 Å². The molecule has 0 aliphatic carbocycles. The molecule has 0 bridgehead atoms. The van der Waals surface area contributed by atoms with Gasteiger partial charge < -0.3 is 215 Å². The number of nitrogens with one attached hydrogen (secondary N) is 5. The molecule has 8 aliphatic heterocycles. The summed E-state index contributed by atoms with van der Waals surface area (Å²) in [5, 5.41) is 266. The molecule has 8 heterocycles. The summed E-state index contributed by atoms with van der Waals surface area (Å²) in [6, 6.07) is -9.11. The fourth-order valence-electron chi connectivity index (χ4n) is 14.0. The van der Waals surface area contributed by atoms with Crippen molar-refractivity contribution in [2.45, 2.75) is 292 Å². The summed E-state index contributed by atoms with van der Waals surface area (Å²) in [5.41, 5.74) is 0. The number of carboxylic acid groups (broad SMARTS) is 1. The minimum atomic E-state index is -3.08. The number of hydrogen-bond acceptors (Lipinski definition) is 43. The molecule has 110 heavy (non-hydrogen) atoms. The Morgan fingerprint density at radius 1 is 0.373 bits per heavy atom. The Morgan fingerprint density at radius 2 is 0.745 bits per heavy atom. The lowest BCUT2D eigenvalue weighted by atomic mass is 9.88. The van der Waals surface area contributed by atoms with Crippen LogP contribution < -0.4 is 26.6 Å². The van der Waals surface area contributed by atoms with Gasteiger partial charge in [0, 0.05) is 41.0 Å². The SMILES string of the molecule is CC(=O)N[C@@H]1[C@@H](O)[C@H](O[C@@H]2O[C@H](CO)[C@@H](O[C@@H]3O[C@H](CO[C@H]4O[C@H](CO)[C@@H](O)[C@H](O)[C@@H]4O)[C@@H](O)[C@H](O[C@H]4O[C@H](CO)[C@@H](O)[C@H](O)[C@@H]4O[C@@H]4O[C@H](CO)[C@@H](O[C@@H]5O[C@H](CO[C@]6(C(=O)O)C[C@H](O)[C@@H](NC(C)=O)[C@H]([C@H](O)[C@H](O)CO)O6)[C@H](O)[C@H](O)[C@H]5NC(C)=O)[C@H](O)[C@H]4NC(C)=O)[C@@H]3O)[C@H](O)[C@H]2NC(C)=O)[C@@H](CO)O[C@H]1O. The second-order valence-corrected chi connectivity index (χ2v) is 27.6. The van der Waals surface area contributed by atoms with Crippen LogP contribution in [0.1, 0.15) is 41.0 Å². The van der Waals surface area contributed by atoms with Crippen LogP contribution in [0.15, 0.2) is 0 Å². The van der Waals surface area contributed by atoms with Gasteiger partial charge in [-0.25, -0.2) is 4.79 Å². The van der Waals surface area contributed by atoms with E-state index in [4.69, 9.17) is 71.1 Å². The van der Waals surface area contributed by atoms with E-state index in [2.05, 4.69) is 26.6 Å². The summed E-state index contributed by atoms with van der Waals surface area (Å²) < 4.78 is 88.3. The molecule has 41 atom stereocenters. The van der Waals surface area contributed by atoms with Crippen LogP contribution in [0, 0.1) is 0 Å². The second kappa shape index (κ2) is 39.3. The van der Waals surface area contributed by atoms with Crippen molar-refractivity contribution in [1.29, 1.82) is 0 Å². The Labute approximate surface area is 622 Å². The van der Waals surface area contributed by atoms with Gasteiger partial charge in [0.15, 0.2) is 44.0 Å². The number of ether oxygens (including phenoxy) is 15. The van der Waals surface area contributed by atoms with Gasteiger partial charge in [0.2, 0.25) is 29.5 Å². The highest BCUT2D eigenvalue weighted by Crippen LogP contribution is 2.40. The number of carbonyl (C=O) groups excluding carboxylic acids is 5. The quantitative estimate of drug-likeness (QED) is 0.0318. The largest absolute Gasteiger partial charge is 0.477 e. The highest BCUT2D eigenvalue weighted by molar-refractivity contribution is 5.77. The lowest BCUT2D eigenvalue weighted by Crippen LogP contribution is -2.71. The molecule has 8 rings (SSSR count). The zero-order valence-corrected chi connectivity index (χ0v) is 59.3. The molecule has 0 radical (unpaired) electrons. The van der Waals surface area contributed by atoms with E-state index in [-0.39, 0.29) is 0 Å². The van der Waals surface area contributed by atoms with Crippen LogP contribution in [0.5, 0.6) is 0 Å². The van der Waals surface area contributed by atoms with Crippen molar-refractivity contribution in [2.24, 2.45) is 0 Å². The van der Waals surface area contributed by atoms with Gasteiger partial charge >= 0.3 is 5.97 Å². The van der Waals surface area contributed by atoms with Crippen LogP contribution >= 0.6 is 0 Å². The molecule has 8 fully saturated rings. The number of aliphatic hydroxyl groups is 22. The number of carboxylic acids is 1. The first kappa shape index (κ1) is 90.9. The summed E-state index contributed by atoms with van der Waals surface area (Å²) >= 11 is 0. The molecule has 0 unspecified atom stereocenters. The van der Waals surface area contributed by atoms with Gasteiger partial charge in [0.1, 0.15) is 189 Å². The highest BCUT2D eigenvalue weighted by Gasteiger charge is 2.62. The molecule has 0 aromatic carbocycles. The van der Waals surface area contributed by atoms with Crippen molar-refractivity contribution in [3.05, 3.63) is 0 Å². The van der Waals surface area contributed by atoms with Crippen LogP contribution in [-0.2, 0) is 99.8 Å².